The van der Waals surface area contributed by atoms with Crippen LogP contribution in [-0.2, 0) is 16.1 Å². The monoisotopic (exact) mass is 576 g/mol. The molecule has 2 atom stereocenters. The number of aliphatic hydroxyl groups excluding tert-OH is 1. The molecule has 0 aromatic heterocycles. The van der Waals surface area contributed by atoms with Crippen molar-refractivity contribution in [3.8, 4) is 5.75 Å². The quantitative estimate of drug-likeness (QED) is 0.115. The number of hydrogen-bond donors (Lipinski definition) is 5. The zero-order valence-corrected chi connectivity index (χ0v) is 25.0. The Balaban J connectivity index is 1.48. The van der Waals surface area contributed by atoms with Gasteiger partial charge >= 0.3 is 6.03 Å². The van der Waals surface area contributed by atoms with Crippen LogP contribution in [0.3, 0.4) is 0 Å². The molecule has 9 nitrogen and oxygen atoms in total. The van der Waals surface area contributed by atoms with Crippen molar-refractivity contribution < 1.29 is 24.2 Å². The van der Waals surface area contributed by atoms with Crippen molar-refractivity contribution in [1.29, 1.82) is 0 Å². The van der Waals surface area contributed by atoms with Crippen molar-refractivity contribution in [2.75, 3.05) is 23.7 Å². The molecule has 0 fully saturated rings. The van der Waals surface area contributed by atoms with E-state index in [1.165, 1.54) is 0 Å². The minimum absolute atomic E-state index is 0.164. The van der Waals surface area contributed by atoms with Crippen molar-refractivity contribution in [1.82, 2.24) is 10.6 Å². The number of carbonyl (C=O) groups is 2. The van der Waals surface area contributed by atoms with Crippen LogP contribution in [0, 0.1) is 12.8 Å². The van der Waals surface area contributed by atoms with E-state index in [2.05, 4.69) is 21.3 Å². The summed E-state index contributed by atoms with van der Waals surface area (Å²) in [6.07, 6.45) is 0.947. The van der Waals surface area contributed by atoms with Crippen LogP contribution < -0.4 is 26.0 Å². The topological polar surface area (TPSA) is 121 Å². The summed E-state index contributed by atoms with van der Waals surface area (Å²) in [5.74, 6) is 0.0920. The largest absolute Gasteiger partial charge is 0.489 e. The molecule has 0 spiro atoms. The van der Waals surface area contributed by atoms with E-state index in [1.54, 1.807) is 24.3 Å². The summed E-state index contributed by atoms with van der Waals surface area (Å²) in [4.78, 5) is 25.8. The maximum Gasteiger partial charge on any atom is 0.319 e. The first-order chi connectivity index (χ1) is 20.1. The highest BCUT2D eigenvalue weighted by atomic mass is 16.6. The maximum absolute atomic E-state index is 13.1. The van der Waals surface area contributed by atoms with Crippen LogP contribution in [0.1, 0.15) is 51.2 Å². The lowest BCUT2D eigenvalue weighted by atomic mass is 10.0. The number of rotatable bonds is 15. The molecular formula is C33H44N4O5. The number of urea groups is 1. The Hall–Kier alpha value is -3.92. The fraction of sp³-hybridized carbons (Fsp3) is 0.394. The second-order valence-corrected chi connectivity index (χ2v) is 11.2. The molecule has 3 aromatic carbocycles. The number of ether oxygens (including phenoxy) is 2. The Morgan fingerprint density at radius 1 is 0.857 bits per heavy atom. The first kappa shape index (κ1) is 32.6. The first-order valence-electron chi connectivity index (χ1n) is 14.4. The lowest BCUT2D eigenvalue weighted by Gasteiger charge is -2.24. The highest BCUT2D eigenvalue weighted by Crippen LogP contribution is 2.18. The van der Waals surface area contributed by atoms with E-state index in [0.717, 1.165) is 24.0 Å². The zero-order chi connectivity index (χ0) is 30.4. The minimum Gasteiger partial charge on any atom is -0.489 e. The summed E-state index contributed by atoms with van der Waals surface area (Å²) in [5, 5.41) is 21.5. The van der Waals surface area contributed by atoms with Gasteiger partial charge in [0.15, 0.2) is 0 Å². The third kappa shape index (κ3) is 12.7. The van der Waals surface area contributed by atoms with Gasteiger partial charge in [-0.3, -0.25) is 10.1 Å². The van der Waals surface area contributed by atoms with Crippen LogP contribution >= 0.6 is 0 Å². The summed E-state index contributed by atoms with van der Waals surface area (Å²) >= 11 is 0. The maximum atomic E-state index is 13.1. The van der Waals surface area contributed by atoms with Gasteiger partial charge in [0.25, 0.3) is 0 Å². The summed E-state index contributed by atoms with van der Waals surface area (Å²) in [6.45, 7) is 8.76. The van der Waals surface area contributed by atoms with Crippen molar-refractivity contribution in [2.24, 2.45) is 5.92 Å². The average molecular weight is 577 g/mol. The average Bonchev–Trinajstić information content (AvgIpc) is 2.95. The van der Waals surface area contributed by atoms with Crippen LogP contribution in [0.4, 0.5) is 16.2 Å². The Morgan fingerprint density at radius 2 is 1.50 bits per heavy atom. The van der Waals surface area contributed by atoms with Gasteiger partial charge in [0.1, 0.15) is 12.4 Å². The van der Waals surface area contributed by atoms with E-state index in [-0.39, 0.29) is 12.5 Å². The molecule has 9 heteroatoms. The molecule has 0 saturated carbocycles. The summed E-state index contributed by atoms with van der Waals surface area (Å²) in [5.41, 5.74) is 3.03. The molecule has 2 unspecified atom stereocenters. The molecule has 0 bridgehead atoms. The Morgan fingerprint density at radius 3 is 2.17 bits per heavy atom. The Kier molecular flexibility index (Phi) is 12.8. The second kappa shape index (κ2) is 16.5. The van der Waals surface area contributed by atoms with E-state index in [9.17, 15) is 14.7 Å². The number of nitrogens with one attached hydrogen (secondary N) is 4. The van der Waals surface area contributed by atoms with Gasteiger partial charge in [-0.05, 0) is 89.0 Å². The highest BCUT2D eigenvalue weighted by Gasteiger charge is 2.20. The van der Waals surface area contributed by atoms with E-state index < -0.39 is 24.0 Å². The first-order valence-corrected chi connectivity index (χ1v) is 14.4. The number of benzene rings is 3. The zero-order valence-electron chi connectivity index (χ0n) is 25.0. The molecule has 3 rings (SSSR count). The summed E-state index contributed by atoms with van der Waals surface area (Å²) in [7, 11) is 0. The van der Waals surface area contributed by atoms with E-state index >= 15 is 0 Å². The Bertz CT molecular complexity index is 1230. The van der Waals surface area contributed by atoms with Crippen molar-refractivity contribution >= 4 is 23.3 Å². The number of aryl methyl sites for hydroxylation is 1. The second-order valence-electron chi connectivity index (χ2n) is 11.2. The standard InChI is InChI=1S/C33H44N4O5/c1-24-13-15-27(16-14-24)36-30(38)26(12-8-9-21-34-32(40)42-33(2,3)4)22-35-31(39)37-28-17-19-29(20-18-28)41-23-25-10-6-5-7-11-25/h5-7,10-11,13-20,26,32,34,40H,8-9,12,21-23H2,1-4H3,(H,36,38)(H2,35,37,39). The lowest BCUT2D eigenvalue weighted by molar-refractivity contribution is -0.181. The SMILES string of the molecule is Cc1ccc(NC(=O)C(CCCCNC(O)OC(C)(C)C)CNC(=O)Nc2ccc(OCc3ccccc3)cc2)cc1. The third-order valence-corrected chi connectivity index (χ3v) is 6.32. The van der Waals surface area contributed by atoms with Crippen LogP contribution in [0.2, 0.25) is 0 Å². The molecule has 226 valence electrons. The summed E-state index contributed by atoms with van der Waals surface area (Å²) < 4.78 is 11.3. The molecule has 5 N–H and O–H groups in total. The molecule has 0 aliphatic heterocycles. The van der Waals surface area contributed by atoms with Crippen LogP contribution in [-0.4, -0.2) is 42.1 Å². The van der Waals surface area contributed by atoms with Gasteiger partial charge in [0.2, 0.25) is 12.3 Å². The van der Waals surface area contributed by atoms with E-state index in [1.807, 2.05) is 82.3 Å². The van der Waals surface area contributed by atoms with Crippen LogP contribution in [0.25, 0.3) is 0 Å². The van der Waals surface area contributed by atoms with E-state index in [4.69, 9.17) is 9.47 Å². The predicted molar refractivity (Wildman–Crippen MR) is 166 cm³/mol. The number of aliphatic hydroxyl groups is 1. The van der Waals surface area contributed by atoms with Gasteiger partial charge in [-0.2, -0.15) is 0 Å². The third-order valence-electron chi connectivity index (χ3n) is 6.32. The molecule has 0 heterocycles. The number of amides is 3. The normalized spacial score (nSPS) is 12.7. The molecule has 0 radical (unpaired) electrons. The molecule has 0 aliphatic rings. The van der Waals surface area contributed by atoms with Crippen LogP contribution in [0.15, 0.2) is 78.9 Å². The Labute approximate surface area is 249 Å². The molecule has 0 aliphatic carbocycles. The smallest absolute Gasteiger partial charge is 0.319 e. The minimum atomic E-state index is -1.06. The van der Waals surface area contributed by atoms with Gasteiger partial charge in [-0.25, -0.2) is 4.79 Å². The van der Waals surface area contributed by atoms with Gasteiger partial charge in [0.05, 0.1) is 11.5 Å². The number of unbranched alkanes of at least 4 members (excludes halogenated alkanes) is 1. The van der Waals surface area contributed by atoms with Crippen molar-refractivity contribution in [3.63, 3.8) is 0 Å². The van der Waals surface area contributed by atoms with Crippen molar-refractivity contribution in [2.45, 2.75) is 65.6 Å². The van der Waals surface area contributed by atoms with Crippen molar-refractivity contribution in [3.05, 3.63) is 90.0 Å². The van der Waals surface area contributed by atoms with Gasteiger partial charge < -0.3 is 30.5 Å². The van der Waals surface area contributed by atoms with Gasteiger partial charge in [-0.15, -0.1) is 0 Å². The predicted octanol–water partition coefficient (Wildman–Crippen LogP) is 5.80. The molecule has 3 aromatic rings. The molecular weight excluding hydrogens is 532 g/mol. The van der Waals surface area contributed by atoms with Gasteiger partial charge in [0, 0.05) is 17.9 Å². The van der Waals surface area contributed by atoms with E-state index in [0.29, 0.717) is 36.7 Å². The highest BCUT2D eigenvalue weighted by molar-refractivity contribution is 5.94. The van der Waals surface area contributed by atoms with Gasteiger partial charge in [-0.1, -0.05) is 54.4 Å². The molecule has 0 saturated heterocycles. The van der Waals surface area contributed by atoms with Crippen LogP contribution in [0.5, 0.6) is 5.75 Å². The fourth-order valence-electron chi connectivity index (χ4n) is 4.09. The fourth-order valence-corrected chi connectivity index (χ4v) is 4.09. The number of carbonyl (C=O) groups excluding carboxylic acids is 2. The molecule has 3 amide bonds. The number of hydrogen-bond acceptors (Lipinski definition) is 6. The molecule has 42 heavy (non-hydrogen) atoms. The summed E-state index contributed by atoms with van der Waals surface area (Å²) in [6, 6.07) is 24.2. The number of anilines is 2. The lowest BCUT2D eigenvalue weighted by Crippen LogP contribution is -2.39.